The van der Waals surface area contributed by atoms with Gasteiger partial charge in [0.05, 0.1) is 12.4 Å². The van der Waals surface area contributed by atoms with Gasteiger partial charge in [0.15, 0.2) is 5.96 Å². The number of carbonyl (C=O) groups is 5. The molecule has 0 spiro atoms. The Morgan fingerprint density at radius 3 is 2.15 bits per heavy atom. The van der Waals surface area contributed by atoms with Crippen molar-refractivity contribution in [3.8, 4) is 0 Å². The highest BCUT2D eigenvalue weighted by molar-refractivity contribution is 7.98. The molecule has 0 aromatic carbocycles. The Kier molecular flexibility index (Phi) is 15.0. The van der Waals surface area contributed by atoms with Crippen LogP contribution in [0.3, 0.4) is 0 Å². The van der Waals surface area contributed by atoms with E-state index in [1.54, 1.807) is 0 Å². The molecule has 1 rings (SSSR count). The number of carboxylic acids is 1. The number of nitrogens with zero attached hydrogens (tertiary/aromatic N) is 2. The molecule has 1 aromatic heterocycles. The lowest BCUT2D eigenvalue weighted by Crippen LogP contribution is -2.57. The van der Waals surface area contributed by atoms with Crippen LogP contribution in [0.5, 0.6) is 0 Å². The first-order valence-electron chi connectivity index (χ1n) is 12.1. The maximum absolute atomic E-state index is 13.2. The fourth-order valence-corrected chi connectivity index (χ4v) is 3.83. The monoisotopic (exact) mass is 570 g/mol. The maximum atomic E-state index is 13.2. The molecule has 0 aliphatic heterocycles. The fourth-order valence-electron chi connectivity index (χ4n) is 3.34. The molecule has 0 saturated carbocycles. The number of carboxylic acid groups (broad SMARTS) is 1. The number of nitrogens with one attached hydrogen (secondary N) is 4. The lowest BCUT2D eigenvalue weighted by atomic mass is 10.1. The van der Waals surface area contributed by atoms with E-state index in [0.29, 0.717) is 24.3 Å². The van der Waals surface area contributed by atoms with Crippen LogP contribution in [0.4, 0.5) is 0 Å². The summed E-state index contributed by atoms with van der Waals surface area (Å²) in [5.74, 6) is -3.69. The average molecular weight is 571 g/mol. The van der Waals surface area contributed by atoms with Crippen LogP contribution in [-0.2, 0) is 30.4 Å². The van der Waals surface area contributed by atoms with Crippen molar-refractivity contribution in [3.05, 3.63) is 18.2 Å². The van der Waals surface area contributed by atoms with Crippen LogP contribution in [0.1, 0.15) is 37.8 Å². The summed E-state index contributed by atoms with van der Waals surface area (Å²) in [5.41, 5.74) is 22.3. The van der Waals surface area contributed by atoms with Gasteiger partial charge in [-0.2, -0.15) is 11.8 Å². The summed E-state index contributed by atoms with van der Waals surface area (Å²) in [4.78, 5) is 72.4. The third kappa shape index (κ3) is 13.5. The number of thioether (sulfide) groups is 1. The number of aliphatic imine (C=N–C) groups is 1. The summed E-state index contributed by atoms with van der Waals surface area (Å²) in [6.07, 6.45) is 4.86. The Morgan fingerprint density at radius 2 is 1.62 bits per heavy atom. The predicted octanol–water partition coefficient (Wildman–Crippen LogP) is -3.11. The van der Waals surface area contributed by atoms with E-state index in [0.717, 1.165) is 0 Å². The Morgan fingerprint density at radius 1 is 1.00 bits per heavy atom. The summed E-state index contributed by atoms with van der Waals surface area (Å²) in [5, 5.41) is 17.0. The highest BCUT2D eigenvalue weighted by Crippen LogP contribution is 2.06. The van der Waals surface area contributed by atoms with Crippen LogP contribution in [0.15, 0.2) is 17.5 Å². The van der Waals surface area contributed by atoms with Crippen molar-refractivity contribution in [3.63, 3.8) is 0 Å². The van der Waals surface area contributed by atoms with Crippen LogP contribution in [0, 0.1) is 0 Å². The smallest absolute Gasteiger partial charge is 0.326 e. The van der Waals surface area contributed by atoms with E-state index in [1.807, 2.05) is 6.26 Å². The third-order valence-electron chi connectivity index (χ3n) is 5.45. The van der Waals surface area contributed by atoms with E-state index < -0.39 is 53.8 Å². The van der Waals surface area contributed by atoms with Gasteiger partial charge in [-0.15, -0.1) is 0 Å². The molecule has 0 bridgehead atoms. The standard InChI is InChI=1S/C22H38N10O6S/c1-39-8-6-13(23)18(34)30-14(3-2-7-28-22(25)26)19(35)31-15(4-5-17(24)33)20(36)32-16(21(37)38)9-12-10-27-11-29-12/h10-11,13-16H,2-9,23H2,1H3,(H2,24,33)(H,27,29)(H,30,34)(H,31,35)(H,32,36)(H,37,38)(H4,25,26,28)/t13-,14-,15-,16-/m0/s1. The largest absolute Gasteiger partial charge is 0.480 e. The molecular formula is C22H38N10O6S. The quantitative estimate of drug-likeness (QED) is 0.0455. The summed E-state index contributed by atoms with van der Waals surface area (Å²) in [6.45, 7) is 0.181. The molecule has 4 atom stereocenters. The number of primary amides is 1. The molecule has 0 radical (unpaired) electrons. The van der Waals surface area contributed by atoms with E-state index in [1.165, 1.54) is 24.3 Å². The number of rotatable bonds is 19. The van der Waals surface area contributed by atoms with Crippen LogP contribution in [0.25, 0.3) is 0 Å². The van der Waals surface area contributed by atoms with Crippen molar-refractivity contribution < 1.29 is 29.1 Å². The molecule has 0 aliphatic carbocycles. The van der Waals surface area contributed by atoms with E-state index >= 15 is 0 Å². The molecule has 1 aromatic rings. The SMILES string of the molecule is CSCC[C@H](N)C(=O)N[C@@H](CCCN=C(N)N)C(=O)N[C@@H](CCC(N)=O)C(=O)N[C@@H](Cc1cnc[nH]1)C(=O)O. The lowest BCUT2D eigenvalue weighted by molar-refractivity contribution is -0.142. The zero-order valence-corrected chi connectivity index (χ0v) is 22.5. The van der Waals surface area contributed by atoms with Gasteiger partial charge in [0, 0.05) is 31.3 Å². The number of aromatic nitrogens is 2. The Labute approximate surface area is 229 Å². The van der Waals surface area contributed by atoms with Crippen molar-refractivity contribution >= 4 is 47.3 Å². The number of hydrogen-bond acceptors (Lipinski definition) is 9. The number of aliphatic carboxylic acids is 1. The normalized spacial score (nSPS) is 13.8. The Balaban J connectivity index is 3.03. The van der Waals surface area contributed by atoms with Crippen molar-refractivity contribution in [1.29, 1.82) is 0 Å². The molecule has 218 valence electrons. The highest BCUT2D eigenvalue weighted by atomic mass is 32.2. The molecule has 0 fully saturated rings. The average Bonchev–Trinajstić information content (AvgIpc) is 3.38. The minimum atomic E-state index is -1.35. The maximum Gasteiger partial charge on any atom is 0.326 e. The van der Waals surface area contributed by atoms with Gasteiger partial charge in [0.25, 0.3) is 0 Å². The molecule has 16 nitrogen and oxygen atoms in total. The topological polar surface area (TPSA) is 287 Å². The molecule has 1 heterocycles. The first-order valence-corrected chi connectivity index (χ1v) is 13.5. The second kappa shape index (κ2) is 17.6. The number of amides is 4. The summed E-state index contributed by atoms with van der Waals surface area (Å²) in [6, 6.07) is -4.65. The minimum absolute atomic E-state index is 0.102. The number of H-pyrrole nitrogens is 1. The van der Waals surface area contributed by atoms with Gasteiger partial charge in [0.2, 0.25) is 23.6 Å². The zero-order valence-electron chi connectivity index (χ0n) is 21.7. The lowest BCUT2D eigenvalue weighted by Gasteiger charge is -2.25. The first-order chi connectivity index (χ1) is 18.4. The molecule has 39 heavy (non-hydrogen) atoms. The van der Waals surface area contributed by atoms with E-state index in [9.17, 15) is 29.1 Å². The van der Waals surface area contributed by atoms with Gasteiger partial charge in [-0.25, -0.2) is 9.78 Å². The Hall–Kier alpha value is -3.86. The molecule has 0 saturated heterocycles. The highest BCUT2D eigenvalue weighted by Gasteiger charge is 2.30. The van der Waals surface area contributed by atoms with Gasteiger partial charge >= 0.3 is 5.97 Å². The number of imidazole rings is 1. The van der Waals surface area contributed by atoms with Gasteiger partial charge in [-0.05, 0) is 37.7 Å². The van der Waals surface area contributed by atoms with Gasteiger partial charge < -0.3 is 49.0 Å². The summed E-state index contributed by atoms with van der Waals surface area (Å²) < 4.78 is 0. The summed E-state index contributed by atoms with van der Waals surface area (Å²) >= 11 is 1.51. The van der Waals surface area contributed by atoms with Gasteiger partial charge in [-0.1, -0.05) is 0 Å². The van der Waals surface area contributed by atoms with Crippen molar-refractivity contribution in [1.82, 2.24) is 25.9 Å². The molecular weight excluding hydrogens is 532 g/mol. The zero-order chi connectivity index (χ0) is 29.4. The molecule has 4 amide bonds. The number of aromatic amines is 1. The molecule has 0 aliphatic rings. The van der Waals surface area contributed by atoms with Gasteiger partial charge in [-0.3, -0.25) is 24.2 Å². The molecule has 13 N–H and O–H groups in total. The third-order valence-corrected chi connectivity index (χ3v) is 6.10. The number of carbonyl (C=O) groups excluding carboxylic acids is 4. The van der Waals surface area contributed by atoms with Crippen molar-refractivity contribution in [2.24, 2.45) is 27.9 Å². The molecule has 0 unspecified atom stereocenters. The first kappa shape index (κ1) is 33.2. The van der Waals surface area contributed by atoms with E-state index in [2.05, 4.69) is 30.9 Å². The molecule has 17 heteroatoms. The second-order valence-corrected chi connectivity index (χ2v) is 9.63. The van der Waals surface area contributed by atoms with Crippen LogP contribution in [-0.4, -0.2) is 93.4 Å². The minimum Gasteiger partial charge on any atom is -0.480 e. The van der Waals surface area contributed by atoms with Gasteiger partial charge in [0.1, 0.15) is 18.1 Å². The number of nitrogens with two attached hydrogens (primary N) is 4. The number of hydrogen-bond donors (Lipinski definition) is 9. The Bertz CT molecular complexity index is 986. The fraction of sp³-hybridized carbons (Fsp3) is 0.591. The van der Waals surface area contributed by atoms with Crippen molar-refractivity contribution in [2.75, 3.05) is 18.6 Å². The van der Waals surface area contributed by atoms with Crippen LogP contribution >= 0.6 is 11.8 Å². The van der Waals surface area contributed by atoms with E-state index in [-0.39, 0.29) is 38.2 Å². The van der Waals surface area contributed by atoms with E-state index in [4.69, 9.17) is 22.9 Å². The second-order valence-electron chi connectivity index (χ2n) is 8.64. The van der Waals surface area contributed by atoms with Crippen molar-refractivity contribution in [2.45, 2.75) is 62.7 Å². The predicted molar refractivity (Wildman–Crippen MR) is 145 cm³/mol. The summed E-state index contributed by atoms with van der Waals surface area (Å²) in [7, 11) is 0. The van der Waals surface area contributed by atoms with Crippen LogP contribution in [0.2, 0.25) is 0 Å². The number of guanidine groups is 1. The van der Waals surface area contributed by atoms with Crippen LogP contribution < -0.4 is 38.9 Å².